The summed E-state index contributed by atoms with van der Waals surface area (Å²) in [6, 6.07) is 18.4. The number of halogens is 2. The molecule has 0 bridgehead atoms. The summed E-state index contributed by atoms with van der Waals surface area (Å²) in [5.74, 6) is -0.325. The first-order chi connectivity index (χ1) is 14.7. The van der Waals surface area contributed by atoms with Crippen molar-refractivity contribution in [3.8, 4) is 0 Å². The number of sulfonamides is 1. The second-order valence-corrected chi connectivity index (χ2v) is 9.47. The van der Waals surface area contributed by atoms with E-state index in [9.17, 15) is 13.2 Å². The number of nitrogens with zero attached hydrogens (tertiary/aromatic N) is 1. The van der Waals surface area contributed by atoms with E-state index in [1.807, 2.05) is 30.3 Å². The van der Waals surface area contributed by atoms with E-state index in [0.717, 1.165) is 5.56 Å². The van der Waals surface area contributed by atoms with Gasteiger partial charge in [0.05, 0.1) is 10.6 Å². The summed E-state index contributed by atoms with van der Waals surface area (Å²) in [4.78, 5) is 14.5. The first-order valence-corrected chi connectivity index (χ1v) is 11.5. The van der Waals surface area contributed by atoms with Crippen molar-refractivity contribution in [1.29, 1.82) is 0 Å². The smallest absolute Gasteiger partial charge is 0.263 e. The van der Waals surface area contributed by atoms with Crippen LogP contribution in [0.2, 0.25) is 10.0 Å². The maximum Gasteiger partial charge on any atom is 0.263 e. The van der Waals surface area contributed by atoms with E-state index in [1.165, 1.54) is 24.3 Å². The Labute approximate surface area is 191 Å². The Balaban J connectivity index is 1.89. The molecule has 6 nitrogen and oxygen atoms in total. The van der Waals surface area contributed by atoms with Crippen molar-refractivity contribution in [1.82, 2.24) is 5.32 Å². The molecule has 0 unspecified atom stereocenters. The zero-order valence-corrected chi connectivity index (χ0v) is 19.2. The van der Waals surface area contributed by atoms with Gasteiger partial charge in [-0.15, -0.1) is 0 Å². The van der Waals surface area contributed by atoms with Crippen LogP contribution in [-0.2, 0) is 16.6 Å². The van der Waals surface area contributed by atoms with E-state index in [0.29, 0.717) is 17.8 Å². The van der Waals surface area contributed by atoms with Crippen molar-refractivity contribution >= 4 is 50.5 Å². The fourth-order valence-corrected chi connectivity index (χ4v) is 4.75. The summed E-state index contributed by atoms with van der Waals surface area (Å²) in [7, 11) is -0.400. The number of carbonyl (C=O) groups is 1. The number of benzene rings is 3. The third-order valence-electron chi connectivity index (χ3n) is 4.45. The normalized spacial score (nSPS) is 11.1. The van der Waals surface area contributed by atoms with Gasteiger partial charge in [-0.25, -0.2) is 8.42 Å². The van der Waals surface area contributed by atoms with Gasteiger partial charge in [0.15, 0.2) is 0 Å². The average Bonchev–Trinajstić information content (AvgIpc) is 2.74. The highest BCUT2D eigenvalue weighted by molar-refractivity contribution is 7.92. The lowest BCUT2D eigenvalue weighted by atomic mass is 10.1. The molecule has 0 saturated heterocycles. The number of carbonyl (C=O) groups excluding carboxylic acids is 1. The maximum atomic E-state index is 12.9. The van der Waals surface area contributed by atoms with Crippen LogP contribution in [0, 0.1) is 0 Å². The molecule has 162 valence electrons. The fraction of sp³-hybridized carbons (Fsp3) is 0.136. The zero-order chi connectivity index (χ0) is 22.6. The van der Waals surface area contributed by atoms with Gasteiger partial charge in [0, 0.05) is 37.0 Å². The lowest BCUT2D eigenvalue weighted by Crippen LogP contribution is -2.25. The van der Waals surface area contributed by atoms with Crippen molar-refractivity contribution in [3.63, 3.8) is 0 Å². The Hall–Kier alpha value is -2.74. The molecule has 0 aliphatic rings. The average molecular weight is 478 g/mol. The van der Waals surface area contributed by atoms with E-state index in [2.05, 4.69) is 10.0 Å². The molecule has 9 heteroatoms. The van der Waals surface area contributed by atoms with Gasteiger partial charge in [-0.1, -0.05) is 53.5 Å². The van der Waals surface area contributed by atoms with Crippen LogP contribution in [0.4, 0.5) is 11.4 Å². The number of amides is 1. The summed E-state index contributed by atoms with van der Waals surface area (Å²) >= 11 is 12.0. The first-order valence-electron chi connectivity index (χ1n) is 9.29. The van der Waals surface area contributed by atoms with Gasteiger partial charge in [0.25, 0.3) is 15.9 Å². The predicted molar refractivity (Wildman–Crippen MR) is 126 cm³/mol. The number of anilines is 2. The summed E-state index contributed by atoms with van der Waals surface area (Å²) in [6.45, 7) is 0.348. The molecule has 3 aromatic carbocycles. The van der Waals surface area contributed by atoms with Crippen molar-refractivity contribution in [3.05, 3.63) is 87.9 Å². The standard InChI is InChI=1S/C22H21Cl2N3O3S/c1-27(2)20-11-9-17(26-31(29,30)21-12-16(23)8-10-19(21)24)13-18(20)22(28)25-14-15-6-4-3-5-7-15/h3-13,26H,14H2,1-2H3,(H,25,28). The van der Waals surface area contributed by atoms with Gasteiger partial charge >= 0.3 is 0 Å². The number of hydrogen-bond donors (Lipinski definition) is 2. The highest BCUT2D eigenvalue weighted by Crippen LogP contribution is 2.29. The molecule has 0 radical (unpaired) electrons. The molecule has 0 aliphatic carbocycles. The molecule has 0 fully saturated rings. The Morgan fingerprint density at radius 3 is 2.35 bits per heavy atom. The molecular weight excluding hydrogens is 457 g/mol. The molecule has 0 aromatic heterocycles. The Morgan fingerprint density at radius 2 is 1.68 bits per heavy atom. The van der Waals surface area contributed by atoms with Crippen LogP contribution in [0.1, 0.15) is 15.9 Å². The Bertz CT molecular complexity index is 1200. The maximum absolute atomic E-state index is 12.9. The van der Waals surface area contributed by atoms with Crippen LogP contribution in [0.3, 0.4) is 0 Å². The largest absolute Gasteiger partial charge is 0.377 e. The van der Waals surface area contributed by atoms with Crippen LogP contribution >= 0.6 is 23.2 Å². The molecule has 1 amide bonds. The monoisotopic (exact) mass is 477 g/mol. The highest BCUT2D eigenvalue weighted by atomic mass is 35.5. The Kier molecular flexibility index (Phi) is 7.10. The van der Waals surface area contributed by atoms with E-state index in [-0.39, 0.29) is 26.5 Å². The molecule has 0 saturated carbocycles. The zero-order valence-electron chi connectivity index (χ0n) is 16.9. The number of nitrogens with one attached hydrogen (secondary N) is 2. The van der Waals surface area contributed by atoms with Gasteiger partial charge in [-0.05, 0) is 42.0 Å². The van der Waals surface area contributed by atoms with Crippen molar-refractivity contribution < 1.29 is 13.2 Å². The summed E-state index contributed by atoms with van der Waals surface area (Å²) in [5, 5.41) is 3.16. The second-order valence-electron chi connectivity index (χ2n) is 6.97. The summed E-state index contributed by atoms with van der Waals surface area (Å²) in [6.07, 6.45) is 0. The predicted octanol–water partition coefficient (Wildman–Crippen LogP) is 4.79. The minimum Gasteiger partial charge on any atom is -0.377 e. The highest BCUT2D eigenvalue weighted by Gasteiger charge is 2.21. The van der Waals surface area contributed by atoms with Gasteiger partial charge in [0.2, 0.25) is 0 Å². The molecule has 0 atom stereocenters. The molecule has 3 aromatic rings. The van der Waals surface area contributed by atoms with E-state index < -0.39 is 10.0 Å². The molecule has 2 N–H and O–H groups in total. The summed E-state index contributed by atoms with van der Waals surface area (Å²) in [5.41, 5.74) is 2.16. The van der Waals surface area contributed by atoms with E-state index in [4.69, 9.17) is 23.2 Å². The SMILES string of the molecule is CN(C)c1ccc(NS(=O)(=O)c2cc(Cl)ccc2Cl)cc1C(=O)NCc1ccccc1. The van der Waals surface area contributed by atoms with Crippen molar-refractivity contribution in [2.75, 3.05) is 23.7 Å². The van der Waals surface area contributed by atoms with Gasteiger partial charge in [-0.2, -0.15) is 0 Å². The molecule has 0 aliphatic heterocycles. The van der Waals surface area contributed by atoms with E-state index in [1.54, 1.807) is 31.1 Å². The molecule has 31 heavy (non-hydrogen) atoms. The van der Waals surface area contributed by atoms with Crippen LogP contribution in [0.5, 0.6) is 0 Å². The number of hydrogen-bond acceptors (Lipinski definition) is 4. The third-order valence-corrected chi connectivity index (χ3v) is 6.55. The van der Waals surface area contributed by atoms with Crippen LogP contribution in [0.15, 0.2) is 71.6 Å². The van der Waals surface area contributed by atoms with E-state index >= 15 is 0 Å². The molecule has 3 rings (SSSR count). The van der Waals surface area contributed by atoms with Crippen molar-refractivity contribution in [2.24, 2.45) is 0 Å². The lowest BCUT2D eigenvalue weighted by Gasteiger charge is -2.19. The van der Waals surface area contributed by atoms with Crippen LogP contribution in [-0.4, -0.2) is 28.4 Å². The Morgan fingerprint density at radius 1 is 0.968 bits per heavy atom. The van der Waals surface area contributed by atoms with Crippen LogP contribution < -0.4 is 14.9 Å². The van der Waals surface area contributed by atoms with Gasteiger partial charge in [-0.3, -0.25) is 9.52 Å². The molecule has 0 spiro atoms. The minimum atomic E-state index is -4.01. The molecular formula is C22H21Cl2N3O3S. The first kappa shape index (κ1) is 22.9. The number of rotatable bonds is 7. The second kappa shape index (κ2) is 9.60. The third kappa shape index (κ3) is 5.70. The van der Waals surface area contributed by atoms with Gasteiger partial charge in [0.1, 0.15) is 4.90 Å². The quantitative estimate of drug-likeness (QED) is 0.512. The summed E-state index contributed by atoms with van der Waals surface area (Å²) < 4.78 is 28.1. The van der Waals surface area contributed by atoms with Gasteiger partial charge < -0.3 is 10.2 Å². The fourth-order valence-electron chi connectivity index (χ4n) is 2.94. The molecule has 0 heterocycles. The topological polar surface area (TPSA) is 78.5 Å². The minimum absolute atomic E-state index is 0.0441. The lowest BCUT2D eigenvalue weighted by molar-refractivity contribution is 0.0951. The van der Waals surface area contributed by atoms with Crippen LogP contribution in [0.25, 0.3) is 0 Å². The van der Waals surface area contributed by atoms with Crippen molar-refractivity contribution in [2.45, 2.75) is 11.4 Å².